The molecule has 0 spiro atoms. The Bertz CT molecular complexity index is 710. The van der Waals surface area contributed by atoms with Crippen LogP contribution in [-0.4, -0.2) is 49.9 Å². The van der Waals surface area contributed by atoms with Crippen molar-refractivity contribution in [1.29, 1.82) is 0 Å². The van der Waals surface area contributed by atoms with Crippen LogP contribution >= 0.6 is 7.82 Å². The summed E-state index contributed by atoms with van der Waals surface area (Å²) in [6, 6.07) is 0. The number of phosphoric acid groups is 1. The molecular weight excluding hydrogens is 555 g/mol. The van der Waals surface area contributed by atoms with Crippen LogP contribution in [0.15, 0.2) is 0 Å². The lowest BCUT2D eigenvalue weighted by Gasteiger charge is -2.30. The molecule has 0 bridgehead atoms. The van der Waals surface area contributed by atoms with E-state index in [1.807, 2.05) is 0 Å². The fraction of sp³-hybridized carbons (Fsp3) is 0.939. The van der Waals surface area contributed by atoms with Crippen molar-refractivity contribution in [1.82, 2.24) is 0 Å². The molecule has 4 N–H and O–H groups in total. The molecule has 0 fully saturated rings. The Balaban J connectivity index is 4.37. The first-order valence-corrected chi connectivity index (χ1v) is 18.8. The Kier molecular flexibility index (Phi) is 26.3. The van der Waals surface area contributed by atoms with Crippen LogP contribution in [0, 0.1) is 0 Å². The van der Waals surface area contributed by atoms with Gasteiger partial charge in [-0.05, 0) is 12.8 Å². The zero-order chi connectivity index (χ0) is 31.5. The van der Waals surface area contributed by atoms with Crippen molar-refractivity contribution in [3.8, 4) is 0 Å². The molecule has 0 aliphatic rings. The highest BCUT2D eigenvalue weighted by atomic mass is 31.2. The average molecular weight is 621 g/mol. The first-order chi connectivity index (χ1) is 20.1. The summed E-state index contributed by atoms with van der Waals surface area (Å²) in [5.41, 5.74) is -2.67. The van der Waals surface area contributed by atoms with Crippen molar-refractivity contribution < 1.29 is 38.7 Å². The maximum atomic E-state index is 12.9. The van der Waals surface area contributed by atoms with Crippen LogP contribution in [0.1, 0.15) is 181 Å². The van der Waals surface area contributed by atoms with E-state index in [0.717, 1.165) is 51.4 Å². The Labute approximate surface area is 257 Å². The number of carbonyl (C=O) groups excluding carboxylic acids is 2. The zero-order valence-corrected chi connectivity index (χ0v) is 27.9. The van der Waals surface area contributed by atoms with E-state index in [1.165, 1.54) is 89.9 Å². The fourth-order valence-corrected chi connectivity index (χ4v) is 5.75. The maximum absolute atomic E-state index is 12.9. The number of aliphatic hydroxyl groups is 2. The topological polar surface area (TPSA) is 141 Å². The summed E-state index contributed by atoms with van der Waals surface area (Å²) < 4.78 is 15.6. The fourth-order valence-electron chi connectivity index (χ4n) is 5.38. The summed E-state index contributed by atoms with van der Waals surface area (Å²) in [5, 5.41) is 21.6. The first-order valence-electron chi connectivity index (χ1n) is 17.2. The van der Waals surface area contributed by atoms with Crippen molar-refractivity contribution in [2.24, 2.45) is 0 Å². The third-order valence-electron chi connectivity index (χ3n) is 8.23. The van der Waals surface area contributed by atoms with Crippen LogP contribution in [0.25, 0.3) is 0 Å². The van der Waals surface area contributed by atoms with Crippen molar-refractivity contribution in [2.45, 2.75) is 192 Å². The van der Waals surface area contributed by atoms with E-state index in [0.29, 0.717) is 12.8 Å². The predicted octanol–water partition coefficient (Wildman–Crippen LogP) is 8.51. The molecule has 2 unspecified atom stereocenters. The van der Waals surface area contributed by atoms with Crippen molar-refractivity contribution in [2.75, 3.05) is 6.61 Å². The molecule has 0 aromatic rings. The third kappa shape index (κ3) is 22.8. The molecule has 0 aromatic heterocycles. The van der Waals surface area contributed by atoms with Crippen LogP contribution in [0.3, 0.4) is 0 Å². The van der Waals surface area contributed by atoms with Crippen molar-refractivity contribution in [3.05, 3.63) is 0 Å². The molecule has 2 atom stereocenters. The Morgan fingerprint density at radius 1 is 0.595 bits per heavy atom. The van der Waals surface area contributed by atoms with Gasteiger partial charge in [-0.25, -0.2) is 4.57 Å². The predicted molar refractivity (Wildman–Crippen MR) is 170 cm³/mol. The Morgan fingerprint density at radius 2 is 0.905 bits per heavy atom. The molecular formula is C33H65O8P. The van der Waals surface area contributed by atoms with Gasteiger partial charge in [0.25, 0.3) is 0 Å². The highest BCUT2D eigenvalue weighted by molar-refractivity contribution is 7.46. The molecule has 8 nitrogen and oxygen atoms in total. The molecule has 0 heterocycles. The number of rotatable bonds is 32. The summed E-state index contributed by atoms with van der Waals surface area (Å²) in [6.45, 7) is 3.31. The van der Waals surface area contributed by atoms with Crippen LogP contribution in [0.2, 0.25) is 0 Å². The molecule has 0 radical (unpaired) electrons. The van der Waals surface area contributed by atoms with Crippen LogP contribution in [0.4, 0.5) is 0 Å². The van der Waals surface area contributed by atoms with Crippen LogP contribution in [0.5, 0.6) is 0 Å². The number of aliphatic hydroxyl groups excluding tert-OH is 1. The number of hydrogen-bond donors (Lipinski definition) is 4. The van der Waals surface area contributed by atoms with E-state index < -0.39 is 37.7 Å². The van der Waals surface area contributed by atoms with Gasteiger partial charge in [0.1, 0.15) is 0 Å². The number of hydrogen-bond acceptors (Lipinski definition) is 6. The number of Topliss-reactive ketones (excluding diaryl/α,β-unsaturated/α-hetero) is 2. The Hall–Kier alpha value is -0.630. The number of carbonyl (C=O) groups is 2. The second-order valence-corrected chi connectivity index (χ2v) is 13.5. The molecule has 9 heteroatoms. The van der Waals surface area contributed by atoms with E-state index in [1.54, 1.807) is 0 Å². The largest absolute Gasteiger partial charge is 0.469 e. The highest BCUT2D eigenvalue weighted by Gasteiger charge is 2.47. The number of unbranched alkanes of at least 4 members (excludes halogenated alkanes) is 22. The van der Waals surface area contributed by atoms with Gasteiger partial charge in [0.05, 0.1) is 6.61 Å². The summed E-state index contributed by atoms with van der Waals surface area (Å²) >= 11 is 0. The lowest BCUT2D eigenvalue weighted by atomic mass is 9.85. The molecule has 42 heavy (non-hydrogen) atoms. The van der Waals surface area contributed by atoms with E-state index in [-0.39, 0.29) is 12.8 Å². The van der Waals surface area contributed by atoms with Gasteiger partial charge in [-0.1, -0.05) is 155 Å². The lowest BCUT2D eigenvalue weighted by molar-refractivity contribution is -0.165. The summed E-state index contributed by atoms with van der Waals surface area (Å²) in [5.74, 6) is -1.53. The van der Waals surface area contributed by atoms with Crippen molar-refractivity contribution in [3.63, 3.8) is 0 Å². The van der Waals surface area contributed by atoms with Gasteiger partial charge in [-0.2, -0.15) is 0 Å². The molecule has 0 aliphatic carbocycles. The number of ketones is 2. The molecule has 0 saturated heterocycles. The monoisotopic (exact) mass is 620 g/mol. The van der Waals surface area contributed by atoms with E-state index in [2.05, 4.69) is 18.4 Å². The minimum absolute atomic E-state index is 0.0115. The highest BCUT2D eigenvalue weighted by Crippen LogP contribution is 2.38. The molecule has 0 aromatic carbocycles. The van der Waals surface area contributed by atoms with E-state index in [4.69, 9.17) is 9.79 Å². The van der Waals surface area contributed by atoms with Crippen LogP contribution < -0.4 is 0 Å². The normalized spacial score (nSPS) is 14.1. The molecule has 0 saturated carbocycles. The van der Waals surface area contributed by atoms with Gasteiger partial charge in [0, 0.05) is 12.8 Å². The van der Waals surface area contributed by atoms with Gasteiger partial charge in [0.15, 0.2) is 23.3 Å². The first kappa shape index (κ1) is 41.4. The van der Waals surface area contributed by atoms with Crippen LogP contribution in [-0.2, 0) is 18.7 Å². The summed E-state index contributed by atoms with van der Waals surface area (Å²) in [4.78, 5) is 43.7. The molecule has 0 aliphatic heterocycles. The minimum Gasteiger partial charge on any atom is -0.382 e. The quantitative estimate of drug-likeness (QED) is 0.0433. The SMILES string of the molecule is CCCCCCCCCCCCCCCC(=O)C(O)(COP(=O)(O)O)C(O)C(=O)CCCCCCCCCCCCC. The lowest BCUT2D eigenvalue weighted by Crippen LogP contribution is -2.56. The maximum Gasteiger partial charge on any atom is 0.469 e. The Morgan fingerprint density at radius 3 is 1.24 bits per heavy atom. The van der Waals surface area contributed by atoms with E-state index >= 15 is 0 Å². The van der Waals surface area contributed by atoms with Gasteiger partial charge >= 0.3 is 7.82 Å². The minimum atomic E-state index is -5.01. The zero-order valence-electron chi connectivity index (χ0n) is 27.0. The second kappa shape index (κ2) is 26.7. The van der Waals surface area contributed by atoms with Gasteiger partial charge in [0.2, 0.25) is 0 Å². The second-order valence-electron chi connectivity index (χ2n) is 12.3. The van der Waals surface area contributed by atoms with E-state index in [9.17, 15) is 24.4 Å². The van der Waals surface area contributed by atoms with Gasteiger partial charge < -0.3 is 20.0 Å². The summed E-state index contributed by atoms with van der Waals surface area (Å²) in [7, 11) is -5.01. The number of phosphoric ester groups is 1. The van der Waals surface area contributed by atoms with Gasteiger partial charge in [-0.15, -0.1) is 0 Å². The standard InChI is InChI=1S/C33H65O8P/c1-3-5-7-9-11-13-15-16-18-20-22-24-26-28-31(35)33(37,29-41-42(38,39)40)32(36)30(34)27-25-23-21-19-17-14-12-10-8-6-4-2/h32,36-37H,3-29H2,1-2H3,(H2,38,39,40). The third-order valence-corrected chi connectivity index (χ3v) is 8.69. The average Bonchev–Trinajstić information content (AvgIpc) is 2.96. The molecule has 0 amide bonds. The molecule has 0 rings (SSSR count). The van der Waals surface area contributed by atoms with Crippen molar-refractivity contribution >= 4 is 19.4 Å². The van der Waals surface area contributed by atoms with Gasteiger partial charge in [-0.3, -0.25) is 14.1 Å². The summed E-state index contributed by atoms with van der Waals surface area (Å²) in [6.07, 6.45) is 24.7. The smallest absolute Gasteiger partial charge is 0.382 e. The molecule has 250 valence electrons.